The van der Waals surface area contributed by atoms with Gasteiger partial charge in [-0.2, -0.15) is 0 Å². The van der Waals surface area contributed by atoms with Crippen molar-refractivity contribution >= 4 is 11.9 Å². The summed E-state index contributed by atoms with van der Waals surface area (Å²) in [6.07, 6.45) is 4.99. The number of rotatable bonds is 6. The van der Waals surface area contributed by atoms with Gasteiger partial charge in [-0.15, -0.1) is 0 Å². The average Bonchev–Trinajstić information content (AvgIpc) is 2.61. The van der Waals surface area contributed by atoms with Crippen LogP contribution in [0.4, 0.5) is 0 Å². The molecular formula is C16H30N2O3. The van der Waals surface area contributed by atoms with E-state index in [0.717, 1.165) is 32.1 Å². The Bertz CT molecular complexity index is 344. The Morgan fingerprint density at radius 2 is 1.90 bits per heavy atom. The molecule has 0 spiro atoms. The van der Waals surface area contributed by atoms with Crippen molar-refractivity contribution in [3.63, 3.8) is 0 Å². The van der Waals surface area contributed by atoms with E-state index < -0.39 is 0 Å². The predicted octanol–water partition coefficient (Wildman–Crippen LogP) is 1.94. The van der Waals surface area contributed by atoms with Crippen molar-refractivity contribution in [2.24, 2.45) is 17.6 Å². The number of hydrogen-bond acceptors (Lipinski definition) is 4. The van der Waals surface area contributed by atoms with Crippen LogP contribution in [0.2, 0.25) is 0 Å². The van der Waals surface area contributed by atoms with Crippen LogP contribution in [0.5, 0.6) is 0 Å². The second-order valence-electron chi connectivity index (χ2n) is 6.33. The molecule has 0 aromatic carbocycles. The summed E-state index contributed by atoms with van der Waals surface area (Å²) < 4.78 is 4.98. The van der Waals surface area contributed by atoms with Gasteiger partial charge >= 0.3 is 5.97 Å². The van der Waals surface area contributed by atoms with Gasteiger partial charge in [0.05, 0.1) is 12.5 Å². The number of nitrogens with zero attached hydrogens (tertiary/aromatic N) is 1. The van der Waals surface area contributed by atoms with Crippen LogP contribution < -0.4 is 5.73 Å². The molecule has 0 aromatic heterocycles. The third-order valence-electron chi connectivity index (χ3n) is 3.91. The fourth-order valence-corrected chi connectivity index (χ4v) is 2.91. The van der Waals surface area contributed by atoms with Crippen molar-refractivity contribution in [3.8, 4) is 0 Å². The Kier molecular flexibility index (Phi) is 7.72. The zero-order valence-corrected chi connectivity index (χ0v) is 13.6. The number of hydrogen-bond donors (Lipinski definition) is 1. The molecule has 1 aliphatic rings. The molecule has 5 heteroatoms. The molecule has 0 aliphatic heterocycles. The van der Waals surface area contributed by atoms with Crippen molar-refractivity contribution in [2.75, 3.05) is 19.7 Å². The average molecular weight is 298 g/mol. The van der Waals surface area contributed by atoms with Crippen LogP contribution in [0.25, 0.3) is 0 Å². The molecule has 2 unspecified atom stereocenters. The van der Waals surface area contributed by atoms with Crippen molar-refractivity contribution in [2.45, 2.75) is 58.9 Å². The van der Waals surface area contributed by atoms with E-state index in [1.165, 1.54) is 0 Å². The normalized spacial score (nSPS) is 22.7. The van der Waals surface area contributed by atoms with Gasteiger partial charge in [-0.3, -0.25) is 9.59 Å². The van der Waals surface area contributed by atoms with Gasteiger partial charge in [0.1, 0.15) is 6.54 Å². The SMILES string of the molecule is CCOC(=O)CN(CC(C)C)C(=O)C1CCCCCC1N. The molecule has 21 heavy (non-hydrogen) atoms. The van der Waals surface area contributed by atoms with E-state index in [-0.39, 0.29) is 30.4 Å². The first-order chi connectivity index (χ1) is 9.95. The first kappa shape index (κ1) is 18.0. The molecule has 1 amide bonds. The highest BCUT2D eigenvalue weighted by Gasteiger charge is 2.31. The Morgan fingerprint density at radius 3 is 2.52 bits per heavy atom. The lowest BCUT2D eigenvalue weighted by molar-refractivity contribution is -0.151. The second-order valence-corrected chi connectivity index (χ2v) is 6.33. The van der Waals surface area contributed by atoms with Crippen molar-refractivity contribution in [3.05, 3.63) is 0 Å². The van der Waals surface area contributed by atoms with Crippen LogP contribution in [0.1, 0.15) is 52.9 Å². The summed E-state index contributed by atoms with van der Waals surface area (Å²) in [6.45, 7) is 6.80. The van der Waals surface area contributed by atoms with E-state index >= 15 is 0 Å². The van der Waals surface area contributed by atoms with E-state index in [2.05, 4.69) is 0 Å². The largest absolute Gasteiger partial charge is 0.465 e. The minimum Gasteiger partial charge on any atom is -0.465 e. The highest BCUT2D eigenvalue weighted by atomic mass is 16.5. The molecule has 0 bridgehead atoms. The summed E-state index contributed by atoms with van der Waals surface area (Å²) in [4.78, 5) is 26.1. The predicted molar refractivity (Wildman–Crippen MR) is 82.6 cm³/mol. The third-order valence-corrected chi connectivity index (χ3v) is 3.91. The van der Waals surface area contributed by atoms with E-state index in [0.29, 0.717) is 19.1 Å². The molecule has 2 atom stereocenters. The van der Waals surface area contributed by atoms with Crippen LogP contribution in [0, 0.1) is 11.8 Å². The number of amides is 1. The quantitative estimate of drug-likeness (QED) is 0.601. The third kappa shape index (κ3) is 6.04. The Balaban J connectivity index is 2.74. The van der Waals surface area contributed by atoms with Crippen molar-refractivity contribution in [1.29, 1.82) is 0 Å². The monoisotopic (exact) mass is 298 g/mol. The molecule has 0 radical (unpaired) electrons. The standard InChI is InChI=1S/C16H30N2O3/c1-4-21-15(19)11-18(10-12(2)3)16(20)13-8-6-5-7-9-14(13)17/h12-14H,4-11,17H2,1-3H3. The molecule has 1 aliphatic carbocycles. The number of nitrogens with two attached hydrogens (primary N) is 1. The lowest BCUT2D eigenvalue weighted by atomic mass is 9.93. The van der Waals surface area contributed by atoms with Crippen LogP contribution in [-0.2, 0) is 14.3 Å². The first-order valence-electron chi connectivity index (χ1n) is 8.15. The number of esters is 1. The zero-order chi connectivity index (χ0) is 15.8. The van der Waals surface area contributed by atoms with Gasteiger partial charge in [-0.25, -0.2) is 0 Å². The van der Waals surface area contributed by atoms with Crippen LogP contribution in [-0.4, -0.2) is 42.5 Å². The second kappa shape index (κ2) is 9.03. The molecule has 1 rings (SSSR count). The minimum atomic E-state index is -0.339. The van der Waals surface area contributed by atoms with Crippen LogP contribution >= 0.6 is 0 Å². The Morgan fingerprint density at radius 1 is 1.24 bits per heavy atom. The molecule has 122 valence electrons. The highest BCUT2D eigenvalue weighted by molar-refractivity contribution is 5.84. The van der Waals surface area contributed by atoms with Crippen LogP contribution in [0.15, 0.2) is 0 Å². The smallest absolute Gasteiger partial charge is 0.325 e. The number of carbonyl (C=O) groups is 2. The molecule has 0 aromatic rings. The molecule has 2 N–H and O–H groups in total. The zero-order valence-electron chi connectivity index (χ0n) is 13.6. The molecule has 1 fully saturated rings. The molecule has 0 heterocycles. The Labute approximate surface area is 128 Å². The van der Waals surface area contributed by atoms with E-state index in [9.17, 15) is 9.59 Å². The fraction of sp³-hybridized carbons (Fsp3) is 0.875. The Hall–Kier alpha value is -1.10. The summed E-state index contributed by atoms with van der Waals surface area (Å²) >= 11 is 0. The van der Waals surface area contributed by atoms with Gasteiger partial charge in [0.2, 0.25) is 5.91 Å². The van der Waals surface area contributed by atoms with Gasteiger partial charge in [0.15, 0.2) is 0 Å². The summed E-state index contributed by atoms with van der Waals surface area (Å²) in [5, 5.41) is 0. The van der Waals surface area contributed by atoms with Gasteiger partial charge in [0.25, 0.3) is 0 Å². The molecule has 5 nitrogen and oxygen atoms in total. The molecule has 1 saturated carbocycles. The maximum absolute atomic E-state index is 12.8. The van der Waals surface area contributed by atoms with E-state index in [1.807, 2.05) is 13.8 Å². The van der Waals surface area contributed by atoms with Gasteiger partial charge in [-0.1, -0.05) is 33.1 Å². The van der Waals surface area contributed by atoms with Crippen molar-refractivity contribution in [1.82, 2.24) is 4.90 Å². The summed E-state index contributed by atoms with van der Waals surface area (Å²) in [6, 6.07) is -0.0862. The van der Waals surface area contributed by atoms with Gasteiger partial charge < -0.3 is 15.4 Å². The summed E-state index contributed by atoms with van der Waals surface area (Å²) in [7, 11) is 0. The number of carbonyl (C=O) groups excluding carboxylic acids is 2. The van der Waals surface area contributed by atoms with Crippen LogP contribution in [0.3, 0.4) is 0 Å². The molecular weight excluding hydrogens is 268 g/mol. The maximum Gasteiger partial charge on any atom is 0.325 e. The minimum absolute atomic E-state index is 0.0196. The number of ether oxygens (including phenoxy) is 1. The lowest BCUT2D eigenvalue weighted by Crippen LogP contribution is -2.47. The summed E-state index contributed by atoms with van der Waals surface area (Å²) in [5.41, 5.74) is 6.17. The highest BCUT2D eigenvalue weighted by Crippen LogP contribution is 2.24. The first-order valence-corrected chi connectivity index (χ1v) is 8.15. The van der Waals surface area contributed by atoms with Crippen molar-refractivity contribution < 1.29 is 14.3 Å². The van der Waals surface area contributed by atoms with Gasteiger partial charge in [0, 0.05) is 12.6 Å². The maximum atomic E-state index is 12.8. The molecule has 0 saturated heterocycles. The van der Waals surface area contributed by atoms with Gasteiger partial charge in [-0.05, 0) is 25.7 Å². The topological polar surface area (TPSA) is 72.6 Å². The summed E-state index contributed by atoms with van der Waals surface area (Å²) in [5.74, 6) is -0.161. The fourth-order valence-electron chi connectivity index (χ4n) is 2.91. The lowest BCUT2D eigenvalue weighted by Gasteiger charge is -2.30. The van der Waals surface area contributed by atoms with E-state index in [1.54, 1.807) is 11.8 Å². The van der Waals surface area contributed by atoms with E-state index in [4.69, 9.17) is 10.5 Å².